The molecule has 2 N–H and O–H groups in total. The molecule has 3 rings (SSSR count). The van der Waals surface area contributed by atoms with Crippen molar-refractivity contribution in [2.24, 2.45) is 10.9 Å². The molecule has 6 heteroatoms. The second-order valence-corrected chi connectivity index (χ2v) is 7.90. The van der Waals surface area contributed by atoms with Crippen molar-refractivity contribution < 1.29 is 4.79 Å². The highest BCUT2D eigenvalue weighted by atomic mass is 32.2. The van der Waals surface area contributed by atoms with Crippen LogP contribution in [0.4, 0.5) is 5.69 Å². The molecule has 0 bridgehead atoms. The van der Waals surface area contributed by atoms with Gasteiger partial charge in [-0.05, 0) is 43.5 Å². The third kappa shape index (κ3) is 6.30. The molecule has 1 unspecified atom stereocenters. The van der Waals surface area contributed by atoms with Gasteiger partial charge in [0, 0.05) is 36.0 Å². The van der Waals surface area contributed by atoms with E-state index >= 15 is 0 Å². The number of aliphatic imine (C=N–C) groups is 1. The summed E-state index contributed by atoms with van der Waals surface area (Å²) in [6.45, 7) is 4.92. The average Bonchev–Trinajstić information content (AvgIpc) is 3.20. The molecule has 1 aliphatic rings. The Morgan fingerprint density at radius 1 is 1.14 bits per heavy atom. The largest absolute Gasteiger partial charge is 0.357 e. The quantitative estimate of drug-likeness (QED) is 0.426. The van der Waals surface area contributed by atoms with E-state index in [1.165, 1.54) is 4.90 Å². The van der Waals surface area contributed by atoms with Crippen LogP contribution in [-0.2, 0) is 4.79 Å². The van der Waals surface area contributed by atoms with E-state index in [-0.39, 0.29) is 12.5 Å². The molecule has 1 aliphatic heterocycles. The van der Waals surface area contributed by atoms with Gasteiger partial charge in [0.1, 0.15) is 6.54 Å². The average molecular weight is 397 g/mol. The first-order chi connectivity index (χ1) is 13.7. The predicted octanol–water partition coefficient (Wildman–Crippen LogP) is 3.70. The first-order valence-corrected chi connectivity index (χ1v) is 10.8. The molecule has 148 valence electrons. The van der Waals surface area contributed by atoms with Crippen molar-refractivity contribution in [3.05, 3.63) is 60.7 Å². The Kier molecular flexibility index (Phi) is 7.79. The maximum atomic E-state index is 12.2. The lowest BCUT2D eigenvalue weighted by Gasteiger charge is -2.21. The lowest BCUT2D eigenvalue weighted by Crippen LogP contribution is -2.40. The zero-order valence-corrected chi connectivity index (χ0v) is 17.1. The molecule has 0 saturated carbocycles. The van der Waals surface area contributed by atoms with E-state index in [4.69, 9.17) is 0 Å². The molecule has 1 amide bonds. The number of benzene rings is 2. The van der Waals surface area contributed by atoms with E-state index in [9.17, 15) is 4.79 Å². The maximum Gasteiger partial charge on any atom is 0.246 e. The van der Waals surface area contributed by atoms with Gasteiger partial charge in [-0.25, -0.2) is 4.99 Å². The summed E-state index contributed by atoms with van der Waals surface area (Å²) >= 11 is 1.91. The molecule has 0 aromatic heterocycles. The molecule has 1 atom stereocenters. The molecule has 28 heavy (non-hydrogen) atoms. The summed E-state index contributed by atoms with van der Waals surface area (Å²) in [6.07, 6.45) is 1.15. The van der Waals surface area contributed by atoms with Gasteiger partial charge in [-0.15, -0.1) is 11.8 Å². The minimum atomic E-state index is -0.100. The van der Waals surface area contributed by atoms with Gasteiger partial charge in [0.15, 0.2) is 5.96 Å². The molecule has 1 saturated heterocycles. The number of carbonyl (C=O) groups is 1. The van der Waals surface area contributed by atoms with Gasteiger partial charge in [-0.2, -0.15) is 0 Å². The van der Waals surface area contributed by atoms with Crippen molar-refractivity contribution in [2.75, 3.05) is 37.2 Å². The van der Waals surface area contributed by atoms with Gasteiger partial charge < -0.3 is 15.5 Å². The van der Waals surface area contributed by atoms with Crippen LogP contribution < -0.4 is 10.6 Å². The SMILES string of the molecule is CCNC(=NCC(=O)Nc1ccccc1)N1CCC(CSc2ccccc2)C1. The zero-order chi connectivity index (χ0) is 19.6. The summed E-state index contributed by atoms with van der Waals surface area (Å²) in [5, 5.41) is 6.21. The zero-order valence-electron chi connectivity index (χ0n) is 16.3. The Morgan fingerprint density at radius 3 is 2.57 bits per heavy atom. The van der Waals surface area contributed by atoms with E-state index in [0.29, 0.717) is 5.92 Å². The van der Waals surface area contributed by atoms with E-state index in [2.05, 4.69) is 57.8 Å². The molecule has 0 aliphatic carbocycles. The number of hydrogen-bond acceptors (Lipinski definition) is 3. The van der Waals surface area contributed by atoms with Crippen LogP contribution in [0.2, 0.25) is 0 Å². The van der Waals surface area contributed by atoms with Crippen molar-refractivity contribution in [2.45, 2.75) is 18.2 Å². The van der Waals surface area contributed by atoms with E-state index < -0.39 is 0 Å². The lowest BCUT2D eigenvalue weighted by atomic mass is 10.2. The Hall–Kier alpha value is -2.47. The molecule has 2 aromatic rings. The number of nitrogens with one attached hydrogen (secondary N) is 2. The first kappa shape index (κ1) is 20.3. The Labute approximate surface area is 171 Å². The summed E-state index contributed by atoms with van der Waals surface area (Å²) in [6, 6.07) is 20.0. The smallest absolute Gasteiger partial charge is 0.246 e. The van der Waals surface area contributed by atoms with E-state index in [1.807, 2.05) is 42.1 Å². The fourth-order valence-electron chi connectivity index (χ4n) is 3.19. The fraction of sp³-hybridized carbons (Fsp3) is 0.364. The van der Waals surface area contributed by atoms with E-state index in [0.717, 1.165) is 43.5 Å². The summed E-state index contributed by atoms with van der Waals surface area (Å²) in [5.74, 6) is 2.47. The van der Waals surface area contributed by atoms with Crippen LogP contribution in [0.1, 0.15) is 13.3 Å². The highest BCUT2D eigenvalue weighted by Gasteiger charge is 2.25. The fourth-order valence-corrected chi connectivity index (χ4v) is 4.24. The molecule has 5 nitrogen and oxygen atoms in total. The first-order valence-electron chi connectivity index (χ1n) is 9.80. The van der Waals surface area contributed by atoms with Crippen molar-refractivity contribution >= 4 is 29.3 Å². The van der Waals surface area contributed by atoms with Gasteiger partial charge in [0.2, 0.25) is 5.91 Å². The Bertz CT molecular complexity index is 767. The third-order valence-electron chi connectivity index (χ3n) is 4.58. The lowest BCUT2D eigenvalue weighted by molar-refractivity contribution is -0.114. The molecule has 2 aromatic carbocycles. The number of rotatable bonds is 7. The number of nitrogens with zero attached hydrogens (tertiary/aromatic N) is 2. The van der Waals surface area contributed by atoms with Gasteiger partial charge in [-0.1, -0.05) is 36.4 Å². The topological polar surface area (TPSA) is 56.7 Å². The van der Waals surface area contributed by atoms with Crippen LogP contribution in [0.15, 0.2) is 70.6 Å². The minimum absolute atomic E-state index is 0.100. The molecular weight excluding hydrogens is 368 g/mol. The molecule has 0 spiro atoms. The summed E-state index contributed by atoms with van der Waals surface area (Å²) in [4.78, 5) is 20.3. The number of hydrogen-bond donors (Lipinski definition) is 2. The third-order valence-corrected chi connectivity index (χ3v) is 5.82. The van der Waals surface area contributed by atoms with Crippen LogP contribution >= 0.6 is 11.8 Å². The highest BCUT2D eigenvalue weighted by Crippen LogP contribution is 2.25. The van der Waals surface area contributed by atoms with Gasteiger partial charge in [0.05, 0.1) is 0 Å². The van der Waals surface area contributed by atoms with E-state index in [1.54, 1.807) is 0 Å². The van der Waals surface area contributed by atoms with Crippen molar-refractivity contribution in [1.29, 1.82) is 0 Å². The summed E-state index contributed by atoms with van der Waals surface area (Å²) in [5.41, 5.74) is 0.798. The number of guanidine groups is 1. The van der Waals surface area contributed by atoms with Gasteiger partial charge >= 0.3 is 0 Å². The monoisotopic (exact) mass is 396 g/mol. The van der Waals surface area contributed by atoms with Gasteiger partial charge in [0.25, 0.3) is 0 Å². The normalized spacial score (nSPS) is 16.8. The van der Waals surface area contributed by atoms with Crippen LogP contribution in [-0.4, -0.2) is 48.7 Å². The van der Waals surface area contributed by atoms with Crippen LogP contribution in [0.3, 0.4) is 0 Å². The number of thioether (sulfide) groups is 1. The number of anilines is 1. The number of amides is 1. The van der Waals surface area contributed by atoms with Crippen LogP contribution in [0, 0.1) is 5.92 Å². The Morgan fingerprint density at radius 2 is 1.86 bits per heavy atom. The van der Waals surface area contributed by atoms with Crippen molar-refractivity contribution in [3.8, 4) is 0 Å². The second kappa shape index (κ2) is 10.8. The highest BCUT2D eigenvalue weighted by molar-refractivity contribution is 7.99. The van der Waals surface area contributed by atoms with Crippen molar-refractivity contribution in [1.82, 2.24) is 10.2 Å². The Balaban J connectivity index is 1.50. The molecule has 0 radical (unpaired) electrons. The molecule has 1 fully saturated rings. The maximum absolute atomic E-state index is 12.2. The van der Waals surface area contributed by atoms with Crippen LogP contribution in [0.5, 0.6) is 0 Å². The summed E-state index contributed by atoms with van der Waals surface area (Å²) in [7, 11) is 0. The standard InChI is InChI=1S/C22H28N4OS/c1-2-23-22(24-15-21(27)25-19-9-5-3-6-10-19)26-14-13-18(16-26)17-28-20-11-7-4-8-12-20/h3-12,18H,2,13-17H2,1H3,(H,23,24)(H,25,27). The van der Waals surface area contributed by atoms with Crippen LogP contribution in [0.25, 0.3) is 0 Å². The number of likely N-dealkylation sites (tertiary alicyclic amines) is 1. The predicted molar refractivity (Wildman–Crippen MR) is 118 cm³/mol. The summed E-state index contributed by atoms with van der Waals surface area (Å²) < 4.78 is 0. The number of carbonyl (C=O) groups excluding carboxylic acids is 1. The molecule has 1 heterocycles. The molecular formula is C22H28N4OS. The van der Waals surface area contributed by atoms with Crippen molar-refractivity contribution in [3.63, 3.8) is 0 Å². The van der Waals surface area contributed by atoms with Gasteiger partial charge in [-0.3, -0.25) is 4.79 Å². The second-order valence-electron chi connectivity index (χ2n) is 6.81. The minimum Gasteiger partial charge on any atom is -0.357 e. The number of para-hydroxylation sites is 1.